The number of ether oxygens (including phenoxy) is 1. The molecule has 0 aliphatic carbocycles. The van der Waals surface area contributed by atoms with E-state index in [4.69, 9.17) is 4.74 Å². The molecule has 4 rings (SSSR count). The molecule has 0 fully saturated rings. The fourth-order valence-electron chi connectivity index (χ4n) is 3.74. The molecule has 7 heteroatoms. The SMILES string of the molecule is CCCOc1cc(F)c(CCc2cc(F)c(C#Cc3ccc4cc(F)c(F)cc4c3)c(F)c2)c(F)c1. The van der Waals surface area contributed by atoms with Gasteiger partial charge in [0.25, 0.3) is 0 Å². The van der Waals surface area contributed by atoms with Crippen LogP contribution in [0.25, 0.3) is 10.8 Å². The third-order valence-corrected chi connectivity index (χ3v) is 5.56. The van der Waals surface area contributed by atoms with E-state index in [1.165, 1.54) is 18.2 Å². The van der Waals surface area contributed by atoms with Crippen LogP contribution in [0.3, 0.4) is 0 Å². The molecule has 4 aromatic carbocycles. The van der Waals surface area contributed by atoms with Gasteiger partial charge < -0.3 is 4.74 Å². The Bertz CT molecular complexity index is 1450. The summed E-state index contributed by atoms with van der Waals surface area (Å²) >= 11 is 0. The van der Waals surface area contributed by atoms with Crippen molar-refractivity contribution in [2.45, 2.75) is 26.2 Å². The molecular formula is C29H20F6O. The van der Waals surface area contributed by atoms with Crippen molar-refractivity contribution in [3.05, 3.63) is 112 Å². The van der Waals surface area contributed by atoms with Gasteiger partial charge in [-0.05, 0) is 72.0 Å². The van der Waals surface area contributed by atoms with E-state index < -0.39 is 40.5 Å². The third kappa shape index (κ3) is 5.65. The Morgan fingerprint density at radius 2 is 1.28 bits per heavy atom. The molecule has 0 unspecified atom stereocenters. The lowest BCUT2D eigenvalue weighted by Gasteiger charge is -2.10. The van der Waals surface area contributed by atoms with Crippen molar-refractivity contribution in [1.29, 1.82) is 0 Å². The molecule has 0 aromatic heterocycles. The van der Waals surface area contributed by atoms with Gasteiger partial charge in [-0.15, -0.1) is 0 Å². The van der Waals surface area contributed by atoms with Crippen LogP contribution in [-0.4, -0.2) is 6.61 Å². The van der Waals surface area contributed by atoms with Crippen molar-refractivity contribution in [3.8, 4) is 17.6 Å². The summed E-state index contributed by atoms with van der Waals surface area (Å²) in [5.41, 5.74) is -0.104. The molecular weight excluding hydrogens is 478 g/mol. The van der Waals surface area contributed by atoms with E-state index in [0.29, 0.717) is 29.4 Å². The van der Waals surface area contributed by atoms with Gasteiger partial charge in [-0.3, -0.25) is 0 Å². The van der Waals surface area contributed by atoms with E-state index in [1.54, 1.807) is 0 Å². The highest BCUT2D eigenvalue weighted by Gasteiger charge is 2.14. The predicted octanol–water partition coefficient (Wildman–Crippen LogP) is 7.65. The quantitative estimate of drug-likeness (QED) is 0.196. The molecule has 0 aliphatic heterocycles. The molecule has 0 atom stereocenters. The summed E-state index contributed by atoms with van der Waals surface area (Å²) in [5, 5.41) is 0.846. The zero-order valence-corrected chi connectivity index (χ0v) is 19.2. The fraction of sp³-hybridized carbons (Fsp3) is 0.172. The number of hydrogen-bond acceptors (Lipinski definition) is 1. The van der Waals surface area contributed by atoms with Crippen LogP contribution in [0.1, 0.15) is 35.6 Å². The summed E-state index contributed by atoms with van der Waals surface area (Å²) in [5.74, 6) is -0.276. The van der Waals surface area contributed by atoms with Crippen molar-refractivity contribution in [2.24, 2.45) is 0 Å². The van der Waals surface area contributed by atoms with Crippen LogP contribution < -0.4 is 4.74 Å². The Morgan fingerprint density at radius 1 is 0.639 bits per heavy atom. The first-order valence-electron chi connectivity index (χ1n) is 11.2. The van der Waals surface area contributed by atoms with Gasteiger partial charge in [-0.1, -0.05) is 24.8 Å². The lowest BCUT2D eigenvalue weighted by molar-refractivity contribution is 0.313. The first kappa shape index (κ1) is 25.2. The minimum absolute atomic E-state index is 0.00263. The Hall–Kier alpha value is -3.92. The van der Waals surface area contributed by atoms with Gasteiger partial charge in [0.15, 0.2) is 11.6 Å². The van der Waals surface area contributed by atoms with Crippen molar-refractivity contribution >= 4 is 10.8 Å². The minimum atomic E-state index is -1.01. The molecule has 36 heavy (non-hydrogen) atoms. The highest BCUT2D eigenvalue weighted by Crippen LogP contribution is 2.24. The van der Waals surface area contributed by atoms with Crippen molar-refractivity contribution in [1.82, 2.24) is 0 Å². The van der Waals surface area contributed by atoms with Gasteiger partial charge in [-0.25, -0.2) is 26.3 Å². The van der Waals surface area contributed by atoms with Crippen LogP contribution in [-0.2, 0) is 12.8 Å². The zero-order chi connectivity index (χ0) is 25.8. The summed E-state index contributed by atoms with van der Waals surface area (Å²) in [6.45, 7) is 2.19. The van der Waals surface area contributed by atoms with E-state index in [1.807, 2.05) is 6.92 Å². The molecule has 0 heterocycles. The molecule has 0 aliphatic rings. The molecule has 184 valence electrons. The van der Waals surface area contributed by atoms with Gasteiger partial charge in [-0.2, -0.15) is 0 Å². The molecule has 0 saturated carbocycles. The second-order valence-corrected chi connectivity index (χ2v) is 8.23. The Kier molecular flexibility index (Phi) is 7.54. The van der Waals surface area contributed by atoms with E-state index in [-0.39, 0.29) is 29.7 Å². The predicted molar refractivity (Wildman–Crippen MR) is 126 cm³/mol. The molecule has 0 N–H and O–H groups in total. The molecule has 4 aromatic rings. The smallest absolute Gasteiger partial charge is 0.159 e. The second kappa shape index (κ2) is 10.8. The molecule has 0 saturated heterocycles. The number of benzene rings is 4. The minimum Gasteiger partial charge on any atom is -0.493 e. The average Bonchev–Trinajstić information content (AvgIpc) is 2.82. The number of hydrogen-bond donors (Lipinski definition) is 0. The molecule has 0 spiro atoms. The lowest BCUT2D eigenvalue weighted by Crippen LogP contribution is -2.03. The maximum atomic E-state index is 14.6. The van der Waals surface area contributed by atoms with E-state index in [2.05, 4.69) is 11.8 Å². The fourth-order valence-corrected chi connectivity index (χ4v) is 3.74. The topological polar surface area (TPSA) is 9.23 Å². The summed E-state index contributed by atoms with van der Waals surface area (Å²) in [7, 11) is 0. The summed E-state index contributed by atoms with van der Waals surface area (Å²) in [4.78, 5) is 0. The maximum Gasteiger partial charge on any atom is 0.159 e. The maximum absolute atomic E-state index is 14.6. The molecule has 0 radical (unpaired) electrons. The second-order valence-electron chi connectivity index (χ2n) is 8.23. The van der Waals surface area contributed by atoms with Crippen molar-refractivity contribution in [3.63, 3.8) is 0 Å². The highest BCUT2D eigenvalue weighted by atomic mass is 19.2. The van der Waals surface area contributed by atoms with Crippen LogP contribution in [0, 0.1) is 46.7 Å². The molecule has 0 bridgehead atoms. The highest BCUT2D eigenvalue weighted by molar-refractivity contribution is 5.84. The first-order valence-corrected chi connectivity index (χ1v) is 11.2. The van der Waals surface area contributed by atoms with Gasteiger partial charge in [0.1, 0.15) is 29.0 Å². The van der Waals surface area contributed by atoms with Crippen LogP contribution in [0.4, 0.5) is 26.3 Å². The van der Waals surface area contributed by atoms with Crippen molar-refractivity contribution < 1.29 is 31.1 Å². The van der Waals surface area contributed by atoms with E-state index >= 15 is 0 Å². The third-order valence-electron chi connectivity index (χ3n) is 5.56. The Morgan fingerprint density at radius 3 is 1.92 bits per heavy atom. The summed E-state index contributed by atoms with van der Waals surface area (Å²) in [6.07, 6.45) is 0.577. The van der Waals surface area contributed by atoms with Crippen molar-refractivity contribution in [2.75, 3.05) is 6.61 Å². The number of fused-ring (bicyclic) bond motifs is 1. The number of rotatable bonds is 6. The zero-order valence-electron chi connectivity index (χ0n) is 19.2. The Balaban J connectivity index is 1.52. The Labute approximate surface area is 204 Å². The van der Waals surface area contributed by atoms with Crippen LogP contribution in [0.15, 0.2) is 54.6 Å². The lowest BCUT2D eigenvalue weighted by atomic mass is 10.0. The number of halogens is 6. The summed E-state index contributed by atoms with van der Waals surface area (Å²) in [6, 6.07) is 10.9. The van der Waals surface area contributed by atoms with Gasteiger partial charge in [0.2, 0.25) is 0 Å². The van der Waals surface area contributed by atoms with Crippen LogP contribution >= 0.6 is 0 Å². The van der Waals surface area contributed by atoms with Crippen LogP contribution in [0.5, 0.6) is 5.75 Å². The number of aryl methyl sites for hydroxylation is 1. The standard InChI is InChI=1S/C29H20F6O/c1-2-9-36-21-15-26(32)23(27(33)16-21)8-5-18-11-24(30)22(25(31)12-18)7-4-17-3-6-19-13-28(34)29(35)14-20(19)10-17/h3,6,10-16H,2,5,8-9H2,1H3. The molecule has 1 nitrogen and oxygen atoms in total. The largest absolute Gasteiger partial charge is 0.493 e. The van der Waals surface area contributed by atoms with Gasteiger partial charge >= 0.3 is 0 Å². The average molecular weight is 498 g/mol. The molecule has 0 amide bonds. The van der Waals surface area contributed by atoms with Gasteiger partial charge in [0.05, 0.1) is 12.2 Å². The van der Waals surface area contributed by atoms with Crippen LogP contribution in [0.2, 0.25) is 0 Å². The summed E-state index contributed by atoms with van der Waals surface area (Å²) < 4.78 is 90.0. The van der Waals surface area contributed by atoms with E-state index in [9.17, 15) is 26.3 Å². The monoisotopic (exact) mass is 498 g/mol. The normalized spacial score (nSPS) is 10.9. The van der Waals surface area contributed by atoms with Gasteiger partial charge in [0, 0.05) is 23.3 Å². The first-order chi connectivity index (χ1) is 17.2. The van der Waals surface area contributed by atoms with E-state index in [0.717, 1.165) is 36.4 Å².